The highest BCUT2D eigenvalue weighted by Crippen LogP contribution is 2.48. The van der Waals surface area contributed by atoms with Crippen molar-refractivity contribution in [3.05, 3.63) is 133 Å². The monoisotopic (exact) mass is 557 g/mol. The van der Waals surface area contributed by atoms with Crippen LogP contribution in [0.25, 0.3) is 59.1 Å². The van der Waals surface area contributed by atoms with Crippen molar-refractivity contribution in [1.82, 2.24) is 9.55 Å². The molecule has 10 rings (SSSR count). The average Bonchev–Trinajstić information content (AvgIpc) is 3.79. The van der Waals surface area contributed by atoms with Crippen LogP contribution >= 0.6 is 11.3 Å². The van der Waals surface area contributed by atoms with Crippen molar-refractivity contribution in [3.8, 4) is 6.01 Å². The minimum absolute atomic E-state index is 0.262. The van der Waals surface area contributed by atoms with Crippen LogP contribution in [-0.2, 0) is 0 Å². The zero-order valence-electron chi connectivity index (χ0n) is 22.4. The fraction of sp³-hybridized carbons (Fsp3) is 0.0541. The largest absolute Gasteiger partial charge is 0.422 e. The Morgan fingerprint density at radius 2 is 1.50 bits per heavy atom. The summed E-state index contributed by atoms with van der Waals surface area (Å²) >= 11 is 1.80. The first-order chi connectivity index (χ1) is 20.8. The lowest BCUT2D eigenvalue weighted by Crippen LogP contribution is -2.28. The lowest BCUT2D eigenvalue weighted by Gasteiger charge is -2.28. The molecule has 0 fully saturated rings. The summed E-state index contributed by atoms with van der Waals surface area (Å²) in [5, 5.41) is 4.74. The summed E-state index contributed by atoms with van der Waals surface area (Å²) in [5.74, 6) is 0.355. The summed E-state index contributed by atoms with van der Waals surface area (Å²) in [6.45, 7) is 0. The van der Waals surface area contributed by atoms with Crippen LogP contribution in [0, 0.1) is 0 Å². The van der Waals surface area contributed by atoms with Crippen LogP contribution < -0.4 is 4.90 Å². The highest BCUT2D eigenvalue weighted by molar-refractivity contribution is 7.26. The summed E-state index contributed by atoms with van der Waals surface area (Å²) in [6, 6.07) is 37.8. The first-order valence-corrected chi connectivity index (χ1v) is 15.1. The van der Waals surface area contributed by atoms with Gasteiger partial charge in [-0.05, 0) is 54.1 Å². The Kier molecular flexibility index (Phi) is 4.41. The first kappa shape index (κ1) is 22.5. The molecular formula is C37H23N3OS. The van der Waals surface area contributed by atoms with E-state index in [2.05, 4.69) is 137 Å². The lowest BCUT2D eigenvalue weighted by molar-refractivity contribution is 0.577. The molecule has 0 bridgehead atoms. The van der Waals surface area contributed by atoms with E-state index in [1.807, 2.05) is 0 Å². The van der Waals surface area contributed by atoms with E-state index in [0.29, 0.717) is 11.9 Å². The Labute approximate surface area is 245 Å². The number of anilines is 2. The molecular weight excluding hydrogens is 534 g/mol. The number of para-hydroxylation sites is 2. The summed E-state index contributed by atoms with van der Waals surface area (Å²) in [6.07, 6.45) is 9.00. The van der Waals surface area contributed by atoms with Crippen molar-refractivity contribution in [2.45, 2.75) is 12.0 Å². The number of hydrogen-bond donors (Lipinski definition) is 0. The molecule has 1 aliphatic heterocycles. The Morgan fingerprint density at radius 1 is 0.690 bits per heavy atom. The van der Waals surface area contributed by atoms with Crippen molar-refractivity contribution >= 4 is 75.8 Å². The highest BCUT2D eigenvalue weighted by atomic mass is 32.1. The second-order valence-corrected chi connectivity index (χ2v) is 12.2. The Hall–Kier alpha value is -5.13. The van der Waals surface area contributed by atoms with E-state index in [4.69, 9.17) is 9.40 Å². The predicted molar refractivity (Wildman–Crippen MR) is 175 cm³/mol. The maximum absolute atomic E-state index is 6.69. The fourth-order valence-corrected chi connectivity index (χ4v) is 8.29. The third-order valence-electron chi connectivity index (χ3n) is 8.97. The molecule has 5 heteroatoms. The number of hydrogen-bond acceptors (Lipinski definition) is 4. The number of aromatic nitrogens is 2. The van der Waals surface area contributed by atoms with Gasteiger partial charge in [-0.15, -0.1) is 11.3 Å². The van der Waals surface area contributed by atoms with Crippen molar-refractivity contribution in [2.24, 2.45) is 0 Å². The van der Waals surface area contributed by atoms with Crippen molar-refractivity contribution < 1.29 is 4.42 Å². The minimum Gasteiger partial charge on any atom is -0.422 e. The standard InChI is InChI=1S/C37H23N3OS/c1-5-13-29-23(9-1)24-10-2-6-14-30(24)39(29)22-17-19-32-27(21-22)25-11-3-7-15-31(25)40(32)37-38-28-18-20-34-35(36(28)41-37)26-12-4-8-16-33(26)42-34/h1-21,23,29H. The second kappa shape index (κ2) is 8.21. The second-order valence-electron chi connectivity index (χ2n) is 11.2. The van der Waals surface area contributed by atoms with Crippen LogP contribution in [0.4, 0.5) is 11.4 Å². The lowest BCUT2D eigenvalue weighted by atomic mass is 9.91. The summed E-state index contributed by atoms with van der Waals surface area (Å²) < 4.78 is 11.3. The van der Waals surface area contributed by atoms with Gasteiger partial charge in [0.05, 0.1) is 17.1 Å². The molecule has 4 nitrogen and oxygen atoms in total. The molecule has 198 valence electrons. The van der Waals surface area contributed by atoms with Gasteiger partial charge in [0.15, 0.2) is 5.58 Å². The van der Waals surface area contributed by atoms with Crippen molar-refractivity contribution in [1.29, 1.82) is 0 Å². The fourth-order valence-electron chi connectivity index (χ4n) is 7.19. The molecule has 2 atom stereocenters. The molecule has 2 aliphatic rings. The number of allylic oxidation sites excluding steroid dienone is 2. The maximum Gasteiger partial charge on any atom is 0.307 e. The van der Waals surface area contributed by atoms with E-state index in [1.165, 1.54) is 42.5 Å². The zero-order chi connectivity index (χ0) is 27.4. The number of benzene rings is 5. The van der Waals surface area contributed by atoms with Gasteiger partial charge in [-0.1, -0.05) is 78.9 Å². The smallest absolute Gasteiger partial charge is 0.307 e. The third-order valence-corrected chi connectivity index (χ3v) is 10.1. The van der Waals surface area contributed by atoms with Crippen LogP contribution in [0.1, 0.15) is 11.5 Å². The van der Waals surface area contributed by atoms with Gasteiger partial charge in [-0.2, -0.15) is 4.98 Å². The van der Waals surface area contributed by atoms with Gasteiger partial charge in [-0.3, -0.25) is 4.57 Å². The van der Waals surface area contributed by atoms with E-state index in [9.17, 15) is 0 Å². The summed E-state index contributed by atoms with van der Waals surface area (Å²) in [7, 11) is 0. The van der Waals surface area contributed by atoms with Gasteiger partial charge in [0.2, 0.25) is 0 Å². The number of fused-ring (bicyclic) bond motifs is 11. The number of nitrogens with zero attached hydrogens (tertiary/aromatic N) is 3. The van der Waals surface area contributed by atoms with Crippen LogP contribution in [-0.4, -0.2) is 15.6 Å². The zero-order valence-corrected chi connectivity index (χ0v) is 23.3. The van der Waals surface area contributed by atoms with Gasteiger partial charge in [-0.25, -0.2) is 0 Å². The topological polar surface area (TPSA) is 34.2 Å². The average molecular weight is 558 g/mol. The minimum atomic E-state index is 0.262. The van der Waals surface area contributed by atoms with Crippen molar-refractivity contribution in [2.75, 3.05) is 4.90 Å². The van der Waals surface area contributed by atoms with E-state index in [0.717, 1.165) is 27.5 Å². The molecule has 0 radical (unpaired) electrons. The molecule has 42 heavy (non-hydrogen) atoms. The van der Waals surface area contributed by atoms with E-state index < -0.39 is 0 Å². The Balaban J connectivity index is 1.21. The first-order valence-electron chi connectivity index (χ1n) is 14.3. The normalized spacial score (nSPS) is 17.8. The van der Waals surface area contributed by atoms with Crippen LogP contribution in [0.3, 0.4) is 0 Å². The SMILES string of the molecule is C1=CC2c3ccccc3N(c3ccc4c(c3)c3ccccc3n4-c3nc4ccc5sc6ccccc6c5c4o3)C2C=C1. The molecule has 5 aromatic carbocycles. The molecule has 0 N–H and O–H groups in total. The molecule has 8 aromatic rings. The van der Waals surface area contributed by atoms with Crippen LogP contribution in [0.5, 0.6) is 0 Å². The molecule has 3 aromatic heterocycles. The van der Waals surface area contributed by atoms with Gasteiger partial charge >= 0.3 is 6.01 Å². The number of thiophene rings is 1. The Bertz CT molecular complexity index is 2460. The van der Waals surface area contributed by atoms with E-state index >= 15 is 0 Å². The predicted octanol–water partition coefficient (Wildman–Crippen LogP) is 10.0. The summed E-state index contributed by atoms with van der Waals surface area (Å²) in [5.41, 5.74) is 7.74. The molecule has 4 heterocycles. The van der Waals surface area contributed by atoms with Gasteiger partial charge in [0, 0.05) is 48.2 Å². The van der Waals surface area contributed by atoms with Gasteiger partial charge < -0.3 is 9.32 Å². The highest BCUT2D eigenvalue weighted by Gasteiger charge is 2.37. The van der Waals surface area contributed by atoms with Gasteiger partial charge in [0.1, 0.15) is 5.52 Å². The molecule has 0 saturated heterocycles. The Morgan fingerprint density at radius 3 is 2.48 bits per heavy atom. The quantitative estimate of drug-likeness (QED) is 0.212. The molecule has 1 aliphatic carbocycles. The maximum atomic E-state index is 6.69. The molecule has 0 amide bonds. The third kappa shape index (κ3) is 2.93. The van der Waals surface area contributed by atoms with Crippen LogP contribution in [0.15, 0.2) is 132 Å². The van der Waals surface area contributed by atoms with Gasteiger partial charge in [0.25, 0.3) is 0 Å². The van der Waals surface area contributed by atoms with E-state index in [-0.39, 0.29) is 6.04 Å². The van der Waals surface area contributed by atoms with E-state index in [1.54, 1.807) is 11.3 Å². The number of oxazole rings is 1. The molecule has 0 spiro atoms. The molecule has 0 saturated carbocycles. The molecule has 2 unspecified atom stereocenters. The number of rotatable bonds is 2. The van der Waals surface area contributed by atoms with Crippen molar-refractivity contribution in [3.63, 3.8) is 0 Å². The van der Waals surface area contributed by atoms with Crippen LogP contribution in [0.2, 0.25) is 0 Å². The summed E-state index contributed by atoms with van der Waals surface area (Å²) in [4.78, 5) is 7.54.